The summed E-state index contributed by atoms with van der Waals surface area (Å²) in [4.78, 5) is 12.0. The Balaban J connectivity index is 2.64. The first-order valence-electron chi connectivity index (χ1n) is 5.90. The van der Waals surface area contributed by atoms with Gasteiger partial charge in [-0.25, -0.2) is 0 Å². The number of aryl methyl sites for hydroxylation is 3. The summed E-state index contributed by atoms with van der Waals surface area (Å²) in [5, 5.41) is 4.32. The third-order valence-corrected chi connectivity index (χ3v) is 2.89. The molecule has 4 nitrogen and oxygen atoms in total. The van der Waals surface area contributed by atoms with Gasteiger partial charge in [0.25, 0.3) is 5.56 Å². The van der Waals surface area contributed by atoms with Gasteiger partial charge in [0.1, 0.15) is 0 Å². The standard InChI is InChI=1S/C14H17N3O/c1-9-4-10(2)6-13(5-9)17-14(18)7-12(8-15)11(3)16-17/h4-7H,8,15H2,1-3H3. The highest BCUT2D eigenvalue weighted by Gasteiger charge is 2.06. The maximum Gasteiger partial charge on any atom is 0.271 e. The molecule has 0 saturated heterocycles. The SMILES string of the molecule is Cc1cc(C)cc(-n2nc(C)c(CN)cc2=O)c1. The molecule has 0 bridgehead atoms. The lowest BCUT2D eigenvalue weighted by Gasteiger charge is -2.09. The van der Waals surface area contributed by atoms with Crippen molar-refractivity contribution >= 4 is 0 Å². The van der Waals surface area contributed by atoms with Gasteiger partial charge in [-0.15, -0.1) is 0 Å². The van der Waals surface area contributed by atoms with Crippen molar-refractivity contribution in [3.8, 4) is 5.69 Å². The van der Waals surface area contributed by atoms with E-state index >= 15 is 0 Å². The molecule has 94 valence electrons. The summed E-state index contributed by atoms with van der Waals surface area (Å²) in [7, 11) is 0. The van der Waals surface area contributed by atoms with Crippen LogP contribution in [0.4, 0.5) is 0 Å². The van der Waals surface area contributed by atoms with Crippen LogP contribution >= 0.6 is 0 Å². The zero-order valence-corrected chi connectivity index (χ0v) is 10.9. The van der Waals surface area contributed by atoms with Crippen LogP contribution in [-0.4, -0.2) is 9.78 Å². The zero-order chi connectivity index (χ0) is 13.3. The molecule has 0 saturated carbocycles. The third-order valence-electron chi connectivity index (χ3n) is 2.89. The number of rotatable bonds is 2. The van der Waals surface area contributed by atoms with Gasteiger partial charge in [0.15, 0.2) is 0 Å². The van der Waals surface area contributed by atoms with Crippen LogP contribution in [0.1, 0.15) is 22.4 Å². The third kappa shape index (κ3) is 2.33. The summed E-state index contributed by atoms with van der Waals surface area (Å²) >= 11 is 0. The van der Waals surface area contributed by atoms with Gasteiger partial charge in [-0.2, -0.15) is 9.78 Å². The van der Waals surface area contributed by atoms with Crippen LogP contribution in [0.15, 0.2) is 29.1 Å². The molecule has 2 rings (SSSR count). The predicted octanol–water partition coefficient (Wildman–Crippen LogP) is 1.62. The number of nitrogens with two attached hydrogens (primary N) is 1. The molecule has 0 aliphatic heterocycles. The number of aromatic nitrogens is 2. The van der Waals surface area contributed by atoms with Crippen molar-refractivity contribution in [2.75, 3.05) is 0 Å². The maximum atomic E-state index is 12.0. The molecule has 0 aliphatic rings. The van der Waals surface area contributed by atoms with Gasteiger partial charge in [-0.05, 0) is 49.6 Å². The molecule has 0 unspecified atom stereocenters. The number of hydrogen-bond acceptors (Lipinski definition) is 3. The highest BCUT2D eigenvalue weighted by Crippen LogP contribution is 2.12. The second kappa shape index (κ2) is 4.74. The Kier molecular flexibility index (Phi) is 3.30. The topological polar surface area (TPSA) is 60.9 Å². The minimum absolute atomic E-state index is 0.147. The van der Waals surface area contributed by atoms with E-state index in [9.17, 15) is 4.79 Å². The van der Waals surface area contributed by atoms with E-state index < -0.39 is 0 Å². The molecule has 0 spiro atoms. The Hall–Kier alpha value is -1.94. The van der Waals surface area contributed by atoms with E-state index in [1.54, 1.807) is 6.07 Å². The Morgan fingerprint density at radius 3 is 2.28 bits per heavy atom. The van der Waals surface area contributed by atoms with Crippen molar-refractivity contribution in [2.45, 2.75) is 27.3 Å². The van der Waals surface area contributed by atoms with Gasteiger partial charge >= 0.3 is 0 Å². The predicted molar refractivity (Wildman–Crippen MR) is 71.9 cm³/mol. The highest BCUT2D eigenvalue weighted by molar-refractivity contribution is 5.39. The Labute approximate surface area is 106 Å². The Bertz CT molecular complexity index is 624. The number of hydrogen-bond donors (Lipinski definition) is 1. The molecular weight excluding hydrogens is 226 g/mol. The van der Waals surface area contributed by atoms with Crippen molar-refractivity contribution in [3.63, 3.8) is 0 Å². The first-order chi connectivity index (χ1) is 8.51. The maximum absolute atomic E-state index is 12.0. The van der Waals surface area contributed by atoms with E-state index in [0.29, 0.717) is 6.54 Å². The van der Waals surface area contributed by atoms with Gasteiger partial charge in [0.2, 0.25) is 0 Å². The van der Waals surface area contributed by atoms with Crippen LogP contribution in [0.5, 0.6) is 0 Å². The Morgan fingerprint density at radius 2 is 1.72 bits per heavy atom. The summed E-state index contributed by atoms with van der Waals surface area (Å²) in [6.45, 7) is 6.20. The van der Waals surface area contributed by atoms with Crippen LogP contribution in [0.3, 0.4) is 0 Å². The van der Waals surface area contributed by atoms with Crippen LogP contribution in [0, 0.1) is 20.8 Å². The molecule has 4 heteroatoms. The normalized spacial score (nSPS) is 10.7. The van der Waals surface area contributed by atoms with E-state index in [1.165, 1.54) is 4.68 Å². The second-order valence-electron chi connectivity index (χ2n) is 4.56. The van der Waals surface area contributed by atoms with Gasteiger partial charge in [0.05, 0.1) is 11.4 Å². The van der Waals surface area contributed by atoms with Crippen molar-refractivity contribution in [1.82, 2.24) is 9.78 Å². The van der Waals surface area contributed by atoms with Crippen LogP contribution in [0.25, 0.3) is 5.69 Å². The quantitative estimate of drug-likeness (QED) is 0.871. The molecule has 0 amide bonds. The van der Waals surface area contributed by atoms with E-state index in [2.05, 4.69) is 11.2 Å². The fourth-order valence-electron chi connectivity index (χ4n) is 2.04. The largest absolute Gasteiger partial charge is 0.326 e. The van der Waals surface area contributed by atoms with Crippen LogP contribution < -0.4 is 11.3 Å². The Morgan fingerprint density at radius 1 is 1.11 bits per heavy atom. The molecule has 0 radical (unpaired) electrons. The zero-order valence-electron chi connectivity index (χ0n) is 10.9. The van der Waals surface area contributed by atoms with Gasteiger partial charge in [-0.1, -0.05) is 6.07 Å². The second-order valence-corrected chi connectivity index (χ2v) is 4.56. The van der Waals surface area contributed by atoms with Crippen LogP contribution in [-0.2, 0) is 6.54 Å². The first-order valence-corrected chi connectivity index (χ1v) is 5.90. The van der Waals surface area contributed by atoms with Crippen LogP contribution in [0.2, 0.25) is 0 Å². The molecule has 18 heavy (non-hydrogen) atoms. The lowest BCUT2D eigenvalue weighted by atomic mass is 10.1. The molecule has 1 heterocycles. The van der Waals surface area contributed by atoms with E-state index in [1.807, 2.05) is 32.9 Å². The minimum Gasteiger partial charge on any atom is -0.326 e. The fourth-order valence-corrected chi connectivity index (χ4v) is 2.04. The summed E-state index contributed by atoms with van der Waals surface area (Å²) in [5.74, 6) is 0. The smallest absolute Gasteiger partial charge is 0.271 e. The molecule has 1 aromatic heterocycles. The molecule has 0 atom stereocenters. The van der Waals surface area contributed by atoms with E-state index in [0.717, 1.165) is 28.1 Å². The average molecular weight is 243 g/mol. The lowest BCUT2D eigenvalue weighted by Crippen LogP contribution is -2.23. The highest BCUT2D eigenvalue weighted by atomic mass is 16.1. The molecule has 1 aromatic carbocycles. The molecule has 2 N–H and O–H groups in total. The number of benzene rings is 1. The van der Waals surface area contributed by atoms with Gasteiger partial charge in [0, 0.05) is 12.6 Å². The van der Waals surface area contributed by atoms with Gasteiger partial charge < -0.3 is 5.73 Å². The van der Waals surface area contributed by atoms with E-state index in [-0.39, 0.29) is 5.56 Å². The fraction of sp³-hybridized carbons (Fsp3) is 0.286. The first kappa shape index (κ1) is 12.5. The monoisotopic (exact) mass is 243 g/mol. The average Bonchev–Trinajstić information content (AvgIpc) is 2.30. The van der Waals surface area contributed by atoms with Gasteiger partial charge in [-0.3, -0.25) is 4.79 Å². The number of nitrogens with zero attached hydrogens (tertiary/aromatic N) is 2. The van der Waals surface area contributed by atoms with Crippen molar-refractivity contribution in [1.29, 1.82) is 0 Å². The summed E-state index contributed by atoms with van der Waals surface area (Å²) in [6, 6.07) is 7.52. The molecular formula is C14H17N3O. The van der Waals surface area contributed by atoms with E-state index in [4.69, 9.17) is 5.73 Å². The van der Waals surface area contributed by atoms with Crippen molar-refractivity contribution in [2.24, 2.45) is 5.73 Å². The molecule has 2 aromatic rings. The summed E-state index contributed by atoms with van der Waals surface area (Å²) in [5.41, 5.74) is 10.0. The summed E-state index contributed by atoms with van der Waals surface area (Å²) in [6.07, 6.45) is 0. The summed E-state index contributed by atoms with van der Waals surface area (Å²) < 4.78 is 1.43. The van der Waals surface area contributed by atoms with Crippen molar-refractivity contribution in [3.05, 3.63) is 57.0 Å². The minimum atomic E-state index is -0.147. The van der Waals surface area contributed by atoms with Crippen molar-refractivity contribution < 1.29 is 0 Å². The lowest BCUT2D eigenvalue weighted by molar-refractivity contribution is 0.766. The molecule has 0 fully saturated rings. The molecule has 0 aliphatic carbocycles.